The Morgan fingerprint density at radius 3 is 3.00 bits per heavy atom. The molecule has 4 bridgehead atoms. The first kappa shape index (κ1) is 18.2. The summed E-state index contributed by atoms with van der Waals surface area (Å²) in [6.45, 7) is 3.03. The molecule has 2 aromatic rings. The summed E-state index contributed by atoms with van der Waals surface area (Å²) in [5.74, 6) is 1.10. The predicted molar refractivity (Wildman–Crippen MR) is 108 cm³/mol. The molecule has 5 nitrogen and oxygen atoms in total. The summed E-state index contributed by atoms with van der Waals surface area (Å²) in [6, 6.07) is 8.97. The lowest BCUT2D eigenvalue weighted by atomic mass is 9.55. The number of esters is 1. The number of nitrogens with zero attached hydrogens (tertiary/aromatic N) is 1. The molecule has 150 valence electrons. The Morgan fingerprint density at radius 2 is 2.18 bits per heavy atom. The largest absolute Gasteiger partial charge is 0.469 e. The molecule has 1 N–H and O–H groups in total. The number of fused-ring (bicyclic) bond motifs is 4. The van der Waals surface area contributed by atoms with Gasteiger partial charge in [0.15, 0.2) is 0 Å². The Balaban J connectivity index is 1.69. The molecule has 5 unspecified atom stereocenters. The number of para-hydroxylation sites is 1. The van der Waals surface area contributed by atoms with Crippen LogP contribution < -0.4 is 0 Å². The van der Waals surface area contributed by atoms with E-state index in [-0.39, 0.29) is 11.4 Å². The number of aromatic amines is 1. The standard InChI is InChI=1S/C23H30N2O3/c1-27-10-8-16-11-15-12-23(13-20(26)28-2)21-18(7-9-25(14-15)22(16)23)17-5-3-4-6-19(17)24-21/h3-6,15-16,22,24H,7-14H2,1-2H3. The number of aromatic nitrogens is 1. The normalized spacial score (nSPS) is 33.5. The number of carbonyl (C=O) groups is 1. The highest BCUT2D eigenvalue weighted by Gasteiger charge is 2.59. The third-order valence-corrected chi connectivity index (χ3v) is 7.53. The van der Waals surface area contributed by atoms with Crippen LogP contribution in [0, 0.1) is 11.8 Å². The summed E-state index contributed by atoms with van der Waals surface area (Å²) in [5.41, 5.74) is 3.73. The molecule has 4 heterocycles. The maximum Gasteiger partial charge on any atom is 0.306 e. The van der Waals surface area contributed by atoms with Crippen LogP contribution in [0.2, 0.25) is 0 Å². The van der Waals surface area contributed by atoms with E-state index in [1.807, 2.05) is 0 Å². The monoisotopic (exact) mass is 382 g/mol. The quantitative estimate of drug-likeness (QED) is 0.807. The van der Waals surface area contributed by atoms with Gasteiger partial charge >= 0.3 is 5.97 Å². The van der Waals surface area contributed by atoms with E-state index >= 15 is 0 Å². The Hall–Kier alpha value is -1.85. The molecule has 3 fully saturated rings. The van der Waals surface area contributed by atoms with Crippen LogP contribution in [0.3, 0.4) is 0 Å². The van der Waals surface area contributed by atoms with Crippen LogP contribution in [-0.4, -0.2) is 55.8 Å². The van der Waals surface area contributed by atoms with Crippen molar-refractivity contribution in [2.75, 3.05) is 33.9 Å². The van der Waals surface area contributed by atoms with E-state index in [1.165, 1.54) is 42.2 Å². The van der Waals surface area contributed by atoms with Gasteiger partial charge in [0.2, 0.25) is 0 Å². The zero-order valence-corrected chi connectivity index (χ0v) is 16.9. The zero-order valence-electron chi connectivity index (χ0n) is 16.9. The molecule has 5 heteroatoms. The number of H-pyrrole nitrogens is 1. The van der Waals surface area contributed by atoms with Crippen molar-refractivity contribution in [3.63, 3.8) is 0 Å². The van der Waals surface area contributed by atoms with E-state index in [9.17, 15) is 4.79 Å². The van der Waals surface area contributed by atoms with E-state index < -0.39 is 0 Å². The van der Waals surface area contributed by atoms with Gasteiger partial charge in [0, 0.05) is 54.9 Å². The predicted octanol–water partition coefficient (Wildman–Crippen LogP) is 3.27. The Bertz CT molecular complexity index is 891. The van der Waals surface area contributed by atoms with E-state index in [4.69, 9.17) is 9.47 Å². The first-order valence-electron chi connectivity index (χ1n) is 10.6. The minimum Gasteiger partial charge on any atom is -0.469 e. The Morgan fingerprint density at radius 1 is 1.32 bits per heavy atom. The van der Waals surface area contributed by atoms with Gasteiger partial charge in [0.05, 0.1) is 13.5 Å². The molecule has 3 aliphatic heterocycles. The zero-order chi connectivity index (χ0) is 19.3. The van der Waals surface area contributed by atoms with Gasteiger partial charge in [-0.3, -0.25) is 9.69 Å². The Labute approximate surface area is 166 Å². The lowest BCUT2D eigenvalue weighted by Crippen LogP contribution is -2.65. The molecule has 1 aromatic heterocycles. The summed E-state index contributed by atoms with van der Waals surface area (Å²) in [7, 11) is 3.30. The fourth-order valence-electron chi connectivity index (χ4n) is 6.72. The first-order valence-corrected chi connectivity index (χ1v) is 10.6. The molecule has 6 rings (SSSR count). The van der Waals surface area contributed by atoms with Crippen molar-refractivity contribution in [2.24, 2.45) is 11.8 Å². The second kappa shape index (κ2) is 6.89. The molecule has 0 amide bonds. The summed E-state index contributed by atoms with van der Waals surface area (Å²) >= 11 is 0. The van der Waals surface area contributed by atoms with Crippen LogP contribution in [0.5, 0.6) is 0 Å². The van der Waals surface area contributed by atoms with Crippen LogP contribution in [0.4, 0.5) is 0 Å². The minimum absolute atomic E-state index is 0.0931. The molecule has 28 heavy (non-hydrogen) atoms. The smallest absolute Gasteiger partial charge is 0.306 e. The maximum atomic E-state index is 12.6. The van der Waals surface area contributed by atoms with Gasteiger partial charge in [-0.15, -0.1) is 0 Å². The summed E-state index contributed by atoms with van der Waals surface area (Å²) in [4.78, 5) is 19.1. The van der Waals surface area contributed by atoms with E-state index in [1.54, 1.807) is 7.11 Å². The van der Waals surface area contributed by atoms with Crippen molar-refractivity contribution in [2.45, 2.75) is 43.6 Å². The molecule has 4 aliphatic rings. The number of hydrogen-bond acceptors (Lipinski definition) is 4. The van der Waals surface area contributed by atoms with Gasteiger partial charge in [0.25, 0.3) is 0 Å². The van der Waals surface area contributed by atoms with Crippen molar-refractivity contribution < 1.29 is 14.3 Å². The average molecular weight is 383 g/mol. The van der Waals surface area contributed by atoms with Crippen molar-refractivity contribution in [3.8, 4) is 0 Å². The summed E-state index contributed by atoms with van der Waals surface area (Å²) < 4.78 is 10.6. The van der Waals surface area contributed by atoms with Gasteiger partial charge in [0.1, 0.15) is 0 Å². The molecular weight excluding hydrogens is 352 g/mol. The van der Waals surface area contributed by atoms with Crippen molar-refractivity contribution in [3.05, 3.63) is 35.5 Å². The number of nitrogens with one attached hydrogen (secondary N) is 1. The van der Waals surface area contributed by atoms with Crippen molar-refractivity contribution in [1.29, 1.82) is 0 Å². The topological polar surface area (TPSA) is 54.6 Å². The molecule has 2 saturated heterocycles. The van der Waals surface area contributed by atoms with Crippen LogP contribution >= 0.6 is 0 Å². The molecule has 0 radical (unpaired) electrons. The highest BCUT2D eigenvalue weighted by Crippen LogP contribution is 2.56. The van der Waals surface area contributed by atoms with E-state index in [0.717, 1.165) is 32.4 Å². The third-order valence-electron chi connectivity index (χ3n) is 7.53. The first-order chi connectivity index (χ1) is 13.7. The van der Waals surface area contributed by atoms with Crippen LogP contribution in [0.15, 0.2) is 24.3 Å². The number of carbonyl (C=O) groups excluding carboxylic acids is 1. The highest BCUT2D eigenvalue weighted by atomic mass is 16.5. The number of methoxy groups -OCH3 is 2. The SMILES string of the molecule is COCCC1CC2CN3CCc4c([nH]c5ccccc45)C(CC(=O)OC)(C2)C13. The fraction of sp³-hybridized carbons (Fsp3) is 0.609. The molecular formula is C23H30N2O3. The van der Waals surface area contributed by atoms with Gasteiger partial charge in [-0.05, 0) is 49.1 Å². The second-order valence-electron chi connectivity index (χ2n) is 8.97. The maximum absolute atomic E-state index is 12.6. The molecule has 5 atom stereocenters. The third kappa shape index (κ3) is 2.63. The molecule has 0 spiro atoms. The summed E-state index contributed by atoms with van der Waals surface area (Å²) in [6.07, 6.45) is 4.90. The van der Waals surface area contributed by atoms with Gasteiger partial charge in [-0.25, -0.2) is 0 Å². The van der Waals surface area contributed by atoms with Crippen molar-refractivity contribution in [1.82, 2.24) is 9.88 Å². The number of piperidine rings is 2. The average Bonchev–Trinajstić information content (AvgIpc) is 3.06. The van der Waals surface area contributed by atoms with E-state index in [2.05, 4.69) is 34.1 Å². The number of ether oxygens (including phenoxy) is 2. The lowest BCUT2D eigenvalue weighted by Gasteiger charge is -2.59. The minimum atomic E-state index is -0.183. The Kier molecular flexibility index (Phi) is 4.48. The molecule has 1 aromatic carbocycles. The van der Waals surface area contributed by atoms with Gasteiger partial charge in [-0.1, -0.05) is 18.2 Å². The highest BCUT2D eigenvalue weighted by molar-refractivity contribution is 5.86. The summed E-state index contributed by atoms with van der Waals surface area (Å²) in [5, 5.41) is 1.32. The second-order valence-corrected chi connectivity index (χ2v) is 8.97. The van der Waals surface area contributed by atoms with Crippen molar-refractivity contribution >= 4 is 16.9 Å². The molecule has 1 saturated carbocycles. The number of benzene rings is 1. The van der Waals surface area contributed by atoms with Gasteiger partial charge in [-0.2, -0.15) is 0 Å². The number of hydrogen-bond donors (Lipinski definition) is 1. The number of rotatable bonds is 5. The van der Waals surface area contributed by atoms with Crippen LogP contribution in [0.1, 0.15) is 36.9 Å². The van der Waals surface area contributed by atoms with Crippen LogP contribution in [-0.2, 0) is 26.1 Å². The van der Waals surface area contributed by atoms with Gasteiger partial charge < -0.3 is 14.5 Å². The lowest BCUT2D eigenvalue weighted by molar-refractivity contribution is -0.147. The van der Waals surface area contributed by atoms with Crippen LogP contribution in [0.25, 0.3) is 10.9 Å². The van der Waals surface area contributed by atoms with E-state index in [0.29, 0.717) is 24.3 Å². The fourth-order valence-corrected chi connectivity index (χ4v) is 6.72. The molecule has 1 aliphatic carbocycles.